The van der Waals surface area contributed by atoms with E-state index in [1.165, 1.54) is 6.92 Å². The summed E-state index contributed by atoms with van der Waals surface area (Å²) in [6, 6.07) is 6.87. The quantitative estimate of drug-likeness (QED) is 0.726. The Hall–Kier alpha value is -2.41. The number of nitrogens with zero attached hydrogens (tertiary/aromatic N) is 2. The fourth-order valence-corrected chi connectivity index (χ4v) is 3.05. The largest absolute Gasteiger partial charge is 0.340 e. The van der Waals surface area contributed by atoms with E-state index in [1.807, 2.05) is 4.90 Å². The Bertz CT molecular complexity index is 639. The molecule has 2 rings (SSSR count). The molecule has 1 saturated heterocycles. The highest BCUT2D eigenvalue weighted by atomic mass is 16.2. The molecule has 1 aliphatic rings. The summed E-state index contributed by atoms with van der Waals surface area (Å²) in [6.45, 7) is 7.69. The minimum Gasteiger partial charge on any atom is -0.340 e. The molecule has 0 spiro atoms. The van der Waals surface area contributed by atoms with Crippen LogP contribution in [0.1, 0.15) is 43.5 Å². The third-order valence-electron chi connectivity index (χ3n) is 4.59. The van der Waals surface area contributed by atoms with E-state index in [4.69, 9.17) is 0 Å². The second kappa shape index (κ2) is 10.7. The van der Waals surface area contributed by atoms with E-state index in [1.54, 1.807) is 29.2 Å². The second-order valence-corrected chi connectivity index (χ2v) is 6.79. The number of hydrogen-bond donors (Lipinski definition) is 2. The number of rotatable bonds is 8. The van der Waals surface area contributed by atoms with Gasteiger partial charge in [-0.3, -0.25) is 14.4 Å². The lowest BCUT2D eigenvalue weighted by Crippen LogP contribution is -2.47. The summed E-state index contributed by atoms with van der Waals surface area (Å²) < 4.78 is 0. The first-order valence-electron chi connectivity index (χ1n) is 9.66. The number of hydrogen-bond acceptors (Lipinski definition) is 4. The maximum Gasteiger partial charge on any atom is 0.253 e. The van der Waals surface area contributed by atoms with Gasteiger partial charge in [-0.1, -0.05) is 13.3 Å². The van der Waals surface area contributed by atoms with E-state index < -0.39 is 0 Å². The van der Waals surface area contributed by atoms with Gasteiger partial charge in [0.1, 0.15) is 0 Å². The molecule has 1 heterocycles. The molecule has 148 valence electrons. The van der Waals surface area contributed by atoms with Gasteiger partial charge in [-0.05, 0) is 30.7 Å². The van der Waals surface area contributed by atoms with Gasteiger partial charge in [-0.15, -0.1) is 0 Å². The molecule has 0 aromatic heterocycles. The molecule has 3 amide bonds. The Labute approximate surface area is 161 Å². The maximum atomic E-state index is 12.9. The molecule has 0 aliphatic carbocycles. The smallest absolute Gasteiger partial charge is 0.253 e. The number of carbonyl (C=O) groups excluding carboxylic acids is 3. The van der Waals surface area contributed by atoms with Crippen LogP contribution in [-0.2, 0) is 9.59 Å². The van der Waals surface area contributed by atoms with E-state index in [-0.39, 0.29) is 17.7 Å². The highest BCUT2D eigenvalue weighted by Crippen LogP contribution is 2.13. The molecule has 1 aromatic rings. The second-order valence-electron chi connectivity index (χ2n) is 6.79. The van der Waals surface area contributed by atoms with Crippen molar-refractivity contribution in [3.63, 3.8) is 0 Å². The van der Waals surface area contributed by atoms with E-state index in [0.717, 1.165) is 39.0 Å². The summed E-state index contributed by atoms with van der Waals surface area (Å²) in [7, 11) is 0. The van der Waals surface area contributed by atoms with Crippen molar-refractivity contribution in [2.24, 2.45) is 0 Å². The van der Waals surface area contributed by atoms with Gasteiger partial charge in [0.15, 0.2) is 0 Å². The van der Waals surface area contributed by atoms with Gasteiger partial charge in [0.25, 0.3) is 5.91 Å². The number of amides is 3. The lowest BCUT2D eigenvalue weighted by atomic mass is 10.1. The first-order valence-corrected chi connectivity index (χ1v) is 9.66. The number of unbranched alkanes of at least 4 members (excludes halogenated alkanes) is 1. The van der Waals surface area contributed by atoms with Crippen molar-refractivity contribution in [2.45, 2.75) is 33.1 Å². The first kappa shape index (κ1) is 20.9. The molecule has 2 N–H and O–H groups in total. The Kier molecular flexibility index (Phi) is 8.26. The van der Waals surface area contributed by atoms with Crippen LogP contribution in [0.25, 0.3) is 0 Å². The van der Waals surface area contributed by atoms with Crippen LogP contribution in [-0.4, -0.2) is 66.8 Å². The summed E-state index contributed by atoms with van der Waals surface area (Å²) in [5.41, 5.74) is 1.22. The molecular formula is C20H30N4O3. The van der Waals surface area contributed by atoms with Crippen LogP contribution in [0.5, 0.6) is 0 Å². The van der Waals surface area contributed by atoms with Crippen LogP contribution in [0.2, 0.25) is 0 Å². The number of piperazine rings is 1. The summed E-state index contributed by atoms with van der Waals surface area (Å²) in [4.78, 5) is 40.0. The number of carbonyl (C=O) groups is 3. The highest BCUT2D eigenvalue weighted by Gasteiger charge is 2.20. The van der Waals surface area contributed by atoms with Crippen LogP contribution < -0.4 is 10.6 Å². The normalized spacial score (nSPS) is 13.9. The van der Waals surface area contributed by atoms with Crippen LogP contribution in [0.3, 0.4) is 0 Å². The Balaban J connectivity index is 1.97. The van der Waals surface area contributed by atoms with Gasteiger partial charge in [-0.25, -0.2) is 0 Å². The molecule has 1 aromatic carbocycles. The van der Waals surface area contributed by atoms with Crippen molar-refractivity contribution in [3.8, 4) is 0 Å². The minimum atomic E-state index is -0.148. The third-order valence-corrected chi connectivity index (χ3v) is 4.59. The van der Waals surface area contributed by atoms with Crippen molar-refractivity contribution in [1.29, 1.82) is 0 Å². The molecule has 7 nitrogen and oxygen atoms in total. The van der Waals surface area contributed by atoms with E-state index >= 15 is 0 Å². The minimum absolute atomic E-state index is 0.0778. The molecule has 0 unspecified atom stereocenters. The predicted octanol–water partition coefficient (Wildman–Crippen LogP) is 1.71. The predicted molar refractivity (Wildman–Crippen MR) is 106 cm³/mol. The van der Waals surface area contributed by atoms with Gasteiger partial charge in [-0.2, -0.15) is 0 Å². The molecule has 0 bridgehead atoms. The zero-order chi connectivity index (χ0) is 19.6. The summed E-state index contributed by atoms with van der Waals surface area (Å²) in [5.74, 6) is -0.122. The number of nitrogens with one attached hydrogen (secondary N) is 2. The van der Waals surface area contributed by atoms with Crippen molar-refractivity contribution in [1.82, 2.24) is 15.1 Å². The van der Waals surface area contributed by atoms with E-state index in [2.05, 4.69) is 17.6 Å². The topological polar surface area (TPSA) is 81.8 Å². The van der Waals surface area contributed by atoms with E-state index in [0.29, 0.717) is 30.8 Å². The third kappa shape index (κ3) is 6.67. The fourth-order valence-electron chi connectivity index (χ4n) is 3.05. The van der Waals surface area contributed by atoms with Crippen LogP contribution in [0.4, 0.5) is 5.69 Å². The molecule has 27 heavy (non-hydrogen) atoms. The SMILES string of the molecule is CCCCN(CCC(=O)N1CCNCC1)C(=O)c1ccc(NC(C)=O)cc1. The Morgan fingerprint density at radius 2 is 1.78 bits per heavy atom. The first-order chi connectivity index (χ1) is 13.0. The molecule has 0 saturated carbocycles. The lowest BCUT2D eigenvalue weighted by molar-refractivity contribution is -0.132. The average Bonchev–Trinajstić information content (AvgIpc) is 2.68. The van der Waals surface area contributed by atoms with Gasteiger partial charge in [0.05, 0.1) is 0 Å². The monoisotopic (exact) mass is 374 g/mol. The molecule has 1 aliphatic heterocycles. The summed E-state index contributed by atoms with van der Waals surface area (Å²) in [5, 5.41) is 5.93. The molecule has 0 radical (unpaired) electrons. The Morgan fingerprint density at radius 3 is 2.37 bits per heavy atom. The zero-order valence-corrected chi connectivity index (χ0v) is 16.3. The van der Waals surface area contributed by atoms with Gasteiger partial charge in [0, 0.05) is 63.9 Å². The summed E-state index contributed by atoms with van der Waals surface area (Å²) in [6.07, 6.45) is 2.23. The van der Waals surface area contributed by atoms with E-state index in [9.17, 15) is 14.4 Å². The highest BCUT2D eigenvalue weighted by molar-refractivity contribution is 5.95. The lowest BCUT2D eigenvalue weighted by Gasteiger charge is -2.29. The van der Waals surface area contributed by atoms with Crippen LogP contribution in [0, 0.1) is 0 Å². The maximum absolute atomic E-state index is 12.9. The van der Waals surface area contributed by atoms with Gasteiger partial charge < -0.3 is 20.4 Å². The fraction of sp³-hybridized carbons (Fsp3) is 0.550. The molecule has 7 heteroatoms. The van der Waals surface area contributed by atoms with Crippen LogP contribution >= 0.6 is 0 Å². The van der Waals surface area contributed by atoms with Crippen molar-refractivity contribution < 1.29 is 14.4 Å². The molecular weight excluding hydrogens is 344 g/mol. The summed E-state index contributed by atoms with van der Waals surface area (Å²) >= 11 is 0. The van der Waals surface area contributed by atoms with Gasteiger partial charge in [0.2, 0.25) is 11.8 Å². The van der Waals surface area contributed by atoms with Crippen molar-refractivity contribution in [3.05, 3.63) is 29.8 Å². The zero-order valence-electron chi connectivity index (χ0n) is 16.3. The van der Waals surface area contributed by atoms with Crippen LogP contribution in [0.15, 0.2) is 24.3 Å². The molecule has 0 atom stereocenters. The standard InChI is InChI=1S/C20H30N4O3/c1-3-4-12-24(13-9-19(26)23-14-10-21-11-15-23)20(27)17-5-7-18(8-6-17)22-16(2)25/h5-8,21H,3-4,9-15H2,1-2H3,(H,22,25). The van der Waals surface area contributed by atoms with Crippen molar-refractivity contribution >= 4 is 23.4 Å². The Morgan fingerprint density at radius 1 is 1.11 bits per heavy atom. The average molecular weight is 374 g/mol. The number of benzene rings is 1. The molecule has 1 fully saturated rings. The van der Waals surface area contributed by atoms with Crippen molar-refractivity contribution in [2.75, 3.05) is 44.6 Å². The van der Waals surface area contributed by atoms with Gasteiger partial charge >= 0.3 is 0 Å². The number of anilines is 1.